The molecule has 2 atom stereocenters. The quantitative estimate of drug-likeness (QED) is 0.702. The maximum atomic E-state index is 6.57. The van der Waals surface area contributed by atoms with Crippen molar-refractivity contribution in [2.75, 3.05) is 6.61 Å². The molecule has 1 aliphatic rings. The average Bonchev–Trinajstić information content (AvgIpc) is 2.74. The van der Waals surface area contributed by atoms with Gasteiger partial charge in [-0.15, -0.1) is 11.6 Å². The highest BCUT2D eigenvalue weighted by atomic mass is 35.5. The second-order valence-electron chi connectivity index (χ2n) is 6.44. The van der Waals surface area contributed by atoms with Gasteiger partial charge in [0.1, 0.15) is 5.75 Å². The minimum atomic E-state index is 0.102. The van der Waals surface area contributed by atoms with Gasteiger partial charge < -0.3 is 4.74 Å². The number of hydrogen-bond acceptors (Lipinski definition) is 1. The van der Waals surface area contributed by atoms with Gasteiger partial charge in [-0.2, -0.15) is 0 Å². The molecule has 0 spiro atoms. The third kappa shape index (κ3) is 3.00. The summed E-state index contributed by atoms with van der Waals surface area (Å²) >= 11 is 6.57. The van der Waals surface area contributed by atoms with Crippen LogP contribution in [0.1, 0.15) is 50.6 Å². The van der Waals surface area contributed by atoms with Crippen molar-refractivity contribution in [2.24, 2.45) is 11.3 Å². The Labute approximate surface area is 115 Å². The molecule has 1 aromatic carbocycles. The Hall–Kier alpha value is -0.690. The fourth-order valence-electron chi connectivity index (χ4n) is 2.20. The third-order valence-electron chi connectivity index (χ3n) is 4.11. The minimum Gasteiger partial charge on any atom is -0.493 e. The zero-order valence-corrected chi connectivity index (χ0v) is 12.6. The van der Waals surface area contributed by atoms with E-state index in [-0.39, 0.29) is 5.38 Å². The van der Waals surface area contributed by atoms with E-state index in [0.717, 1.165) is 25.2 Å². The van der Waals surface area contributed by atoms with Crippen LogP contribution in [0.3, 0.4) is 0 Å². The van der Waals surface area contributed by atoms with E-state index in [0.29, 0.717) is 11.3 Å². The van der Waals surface area contributed by atoms with Crippen molar-refractivity contribution in [2.45, 2.75) is 45.9 Å². The molecule has 0 saturated carbocycles. The van der Waals surface area contributed by atoms with E-state index in [1.165, 1.54) is 11.1 Å². The van der Waals surface area contributed by atoms with E-state index < -0.39 is 0 Å². The summed E-state index contributed by atoms with van der Waals surface area (Å²) in [4.78, 5) is 0. The van der Waals surface area contributed by atoms with Crippen LogP contribution in [0.4, 0.5) is 0 Å². The summed E-state index contributed by atoms with van der Waals surface area (Å²) in [5, 5.41) is 0.102. The Kier molecular flexibility index (Phi) is 3.91. The van der Waals surface area contributed by atoms with E-state index in [2.05, 4.69) is 45.9 Å². The molecular weight excluding hydrogens is 244 g/mol. The summed E-state index contributed by atoms with van der Waals surface area (Å²) < 4.78 is 5.53. The summed E-state index contributed by atoms with van der Waals surface area (Å²) in [5.41, 5.74) is 2.85. The van der Waals surface area contributed by atoms with Gasteiger partial charge in [0.2, 0.25) is 0 Å². The van der Waals surface area contributed by atoms with Crippen molar-refractivity contribution in [3.05, 3.63) is 29.3 Å². The molecule has 0 saturated heterocycles. The van der Waals surface area contributed by atoms with Crippen LogP contribution in [0.2, 0.25) is 0 Å². The molecule has 0 bridgehead atoms. The van der Waals surface area contributed by atoms with Gasteiger partial charge in [-0.25, -0.2) is 0 Å². The minimum absolute atomic E-state index is 0.102. The molecule has 0 N–H and O–H groups in total. The van der Waals surface area contributed by atoms with Crippen LogP contribution in [0.15, 0.2) is 18.2 Å². The van der Waals surface area contributed by atoms with Crippen LogP contribution in [-0.4, -0.2) is 6.61 Å². The molecule has 2 unspecified atom stereocenters. The summed E-state index contributed by atoms with van der Waals surface area (Å²) in [6, 6.07) is 6.39. The molecule has 1 aliphatic heterocycles. The number of ether oxygens (including phenoxy) is 1. The first-order chi connectivity index (χ1) is 8.38. The number of alkyl halides is 1. The molecule has 1 heterocycles. The molecule has 1 nitrogen and oxygen atoms in total. The van der Waals surface area contributed by atoms with Gasteiger partial charge in [-0.1, -0.05) is 39.8 Å². The predicted molar refractivity (Wildman–Crippen MR) is 77.5 cm³/mol. The molecule has 18 heavy (non-hydrogen) atoms. The van der Waals surface area contributed by atoms with Crippen molar-refractivity contribution < 1.29 is 4.74 Å². The highest BCUT2D eigenvalue weighted by Crippen LogP contribution is 2.38. The highest BCUT2D eigenvalue weighted by Gasteiger charge is 2.24. The predicted octanol–water partition coefficient (Wildman–Crippen LogP) is 4.97. The van der Waals surface area contributed by atoms with Crippen molar-refractivity contribution in [1.82, 2.24) is 0 Å². The fourth-order valence-corrected chi connectivity index (χ4v) is 2.60. The normalized spacial score (nSPS) is 18.1. The van der Waals surface area contributed by atoms with Gasteiger partial charge in [-0.3, -0.25) is 0 Å². The van der Waals surface area contributed by atoms with Crippen LogP contribution in [0, 0.1) is 11.3 Å². The highest BCUT2D eigenvalue weighted by molar-refractivity contribution is 6.20. The molecule has 2 heteroatoms. The molecular formula is C16H23ClO. The van der Waals surface area contributed by atoms with E-state index >= 15 is 0 Å². The molecule has 0 amide bonds. The Bertz CT molecular complexity index is 420. The number of benzene rings is 1. The topological polar surface area (TPSA) is 9.23 Å². The molecule has 0 fully saturated rings. The van der Waals surface area contributed by atoms with E-state index in [1.54, 1.807) is 0 Å². The largest absolute Gasteiger partial charge is 0.493 e. The Morgan fingerprint density at radius 1 is 1.33 bits per heavy atom. The van der Waals surface area contributed by atoms with Gasteiger partial charge in [0.25, 0.3) is 0 Å². The first kappa shape index (κ1) is 13.7. The monoisotopic (exact) mass is 266 g/mol. The molecule has 0 aliphatic carbocycles. The second-order valence-corrected chi connectivity index (χ2v) is 6.96. The van der Waals surface area contributed by atoms with Crippen LogP contribution in [0.5, 0.6) is 5.75 Å². The maximum absolute atomic E-state index is 6.57. The smallest absolute Gasteiger partial charge is 0.122 e. The summed E-state index contributed by atoms with van der Waals surface area (Å²) in [6.07, 6.45) is 2.03. The lowest BCUT2D eigenvalue weighted by atomic mass is 9.79. The van der Waals surface area contributed by atoms with Crippen LogP contribution in [0.25, 0.3) is 0 Å². The molecule has 2 rings (SSSR count). The SMILES string of the molecule is CC(CC(Cl)c1ccc2c(c1)CCO2)C(C)(C)C. The van der Waals surface area contributed by atoms with Crippen molar-refractivity contribution >= 4 is 11.6 Å². The standard InChI is InChI=1S/C16H23ClO/c1-11(16(2,3)4)9-14(17)12-5-6-15-13(10-12)7-8-18-15/h5-6,10-11,14H,7-9H2,1-4H3. The number of rotatable bonds is 3. The van der Waals surface area contributed by atoms with Gasteiger partial charge in [0.05, 0.1) is 12.0 Å². The first-order valence-electron chi connectivity index (χ1n) is 6.77. The van der Waals surface area contributed by atoms with Crippen molar-refractivity contribution in [1.29, 1.82) is 0 Å². The summed E-state index contributed by atoms with van der Waals surface area (Å²) in [5.74, 6) is 1.64. The summed E-state index contributed by atoms with van der Waals surface area (Å²) in [6.45, 7) is 9.92. The zero-order chi connectivity index (χ0) is 13.3. The maximum Gasteiger partial charge on any atom is 0.122 e. The number of halogens is 1. The van der Waals surface area contributed by atoms with Crippen LogP contribution < -0.4 is 4.74 Å². The lowest BCUT2D eigenvalue weighted by Crippen LogP contribution is -2.18. The molecule has 0 radical (unpaired) electrons. The number of fused-ring (bicyclic) bond motifs is 1. The van der Waals surface area contributed by atoms with E-state index in [9.17, 15) is 0 Å². The lowest BCUT2D eigenvalue weighted by molar-refractivity contribution is 0.245. The third-order valence-corrected chi connectivity index (χ3v) is 4.54. The zero-order valence-electron chi connectivity index (χ0n) is 11.8. The number of hydrogen-bond donors (Lipinski definition) is 0. The van der Waals surface area contributed by atoms with Crippen LogP contribution in [-0.2, 0) is 6.42 Å². The van der Waals surface area contributed by atoms with Crippen molar-refractivity contribution in [3.63, 3.8) is 0 Å². The van der Waals surface area contributed by atoms with E-state index in [4.69, 9.17) is 16.3 Å². The van der Waals surface area contributed by atoms with Crippen molar-refractivity contribution in [3.8, 4) is 5.75 Å². The van der Waals surface area contributed by atoms with Gasteiger partial charge in [0.15, 0.2) is 0 Å². The van der Waals surface area contributed by atoms with Gasteiger partial charge in [0, 0.05) is 6.42 Å². The Balaban J connectivity index is 2.07. The second kappa shape index (κ2) is 5.13. The molecule has 100 valence electrons. The van der Waals surface area contributed by atoms with E-state index in [1.807, 2.05) is 0 Å². The Morgan fingerprint density at radius 2 is 2.06 bits per heavy atom. The summed E-state index contributed by atoms with van der Waals surface area (Å²) in [7, 11) is 0. The molecule has 0 aromatic heterocycles. The fraction of sp³-hybridized carbons (Fsp3) is 0.625. The average molecular weight is 267 g/mol. The van der Waals surface area contributed by atoms with Gasteiger partial charge >= 0.3 is 0 Å². The Morgan fingerprint density at radius 3 is 2.72 bits per heavy atom. The molecule has 1 aromatic rings. The first-order valence-corrected chi connectivity index (χ1v) is 7.21. The van der Waals surface area contributed by atoms with Gasteiger partial charge in [-0.05, 0) is 34.9 Å². The van der Waals surface area contributed by atoms with Crippen LogP contribution >= 0.6 is 11.6 Å². The lowest BCUT2D eigenvalue weighted by Gasteiger charge is -2.29.